The summed E-state index contributed by atoms with van der Waals surface area (Å²) in [5, 5.41) is 21.4. The smallest absolute Gasteiger partial charge is 0.126 e. The van der Waals surface area contributed by atoms with E-state index in [0.29, 0.717) is 24.8 Å². The van der Waals surface area contributed by atoms with Crippen LogP contribution in [0.2, 0.25) is 5.02 Å². The summed E-state index contributed by atoms with van der Waals surface area (Å²) >= 11 is 5.79. The normalized spacial score (nSPS) is 14.3. The quantitative estimate of drug-likeness (QED) is 0.622. The molecule has 0 saturated heterocycles. The number of quaternary nitrogens is 1. The van der Waals surface area contributed by atoms with Gasteiger partial charge in [-0.2, -0.15) is 0 Å². The Morgan fingerprint density at radius 2 is 2.00 bits per heavy atom. The lowest BCUT2D eigenvalue weighted by atomic mass is 10.2. The monoisotopic (exact) mass is 288 g/mol. The second kappa shape index (κ2) is 9.28. The number of aliphatic hydroxyl groups is 2. The number of hydrogen-bond donors (Lipinski definition) is 3. The molecule has 0 bridgehead atoms. The molecule has 4 nitrogen and oxygen atoms in total. The average molecular weight is 289 g/mol. The van der Waals surface area contributed by atoms with E-state index in [1.807, 2.05) is 36.5 Å². The highest BCUT2D eigenvalue weighted by molar-refractivity contribution is 6.30. The van der Waals surface area contributed by atoms with Crippen molar-refractivity contribution in [2.45, 2.75) is 32.1 Å². The van der Waals surface area contributed by atoms with Crippen molar-refractivity contribution in [2.75, 3.05) is 19.8 Å². The van der Waals surface area contributed by atoms with Crippen molar-refractivity contribution in [3.8, 4) is 0 Å². The molecule has 1 aromatic carbocycles. The molecule has 5 heteroatoms. The molecule has 0 aliphatic heterocycles. The molecule has 0 unspecified atom stereocenters. The minimum absolute atomic E-state index is 0.134. The minimum Gasteiger partial charge on any atom is -0.390 e. The molecule has 0 aliphatic carbocycles. The van der Waals surface area contributed by atoms with Gasteiger partial charge in [0.25, 0.3) is 0 Å². The highest BCUT2D eigenvalue weighted by atomic mass is 35.5. The van der Waals surface area contributed by atoms with Crippen LogP contribution in [0.25, 0.3) is 0 Å². The van der Waals surface area contributed by atoms with E-state index in [2.05, 4.69) is 0 Å². The van der Waals surface area contributed by atoms with Crippen LogP contribution in [0.15, 0.2) is 24.3 Å². The molecular formula is C14H23ClNO3+. The maximum absolute atomic E-state index is 9.75. The molecule has 0 radical (unpaired) electrons. The summed E-state index contributed by atoms with van der Waals surface area (Å²) in [5.41, 5.74) is 1.03. The molecule has 0 amide bonds. The summed E-state index contributed by atoms with van der Waals surface area (Å²) in [5.74, 6) is 0. The van der Waals surface area contributed by atoms with Gasteiger partial charge in [-0.1, -0.05) is 30.7 Å². The van der Waals surface area contributed by atoms with Crippen LogP contribution in [0, 0.1) is 0 Å². The maximum atomic E-state index is 9.75. The van der Waals surface area contributed by atoms with Gasteiger partial charge in [0.2, 0.25) is 0 Å². The first kappa shape index (κ1) is 16.4. The predicted molar refractivity (Wildman–Crippen MR) is 75.1 cm³/mol. The Hall–Kier alpha value is -0.650. The first-order valence-electron chi connectivity index (χ1n) is 6.60. The number of ether oxygens (including phenoxy) is 1. The summed E-state index contributed by atoms with van der Waals surface area (Å²) in [4.78, 5) is 0. The van der Waals surface area contributed by atoms with Crippen LogP contribution in [0.5, 0.6) is 0 Å². The number of rotatable bonds is 9. The van der Waals surface area contributed by atoms with Crippen LogP contribution in [0.1, 0.15) is 18.9 Å². The Morgan fingerprint density at radius 1 is 1.32 bits per heavy atom. The molecule has 108 valence electrons. The highest BCUT2D eigenvalue weighted by Crippen LogP contribution is 2.10. The number of benzene rings is 1. The molecule has 1 rings (SSSR count). The Labute approximate surface area is 119 Å². The van der Waals surface area contributed by atoms with Gasteiger partial charge in [-0.05, 0) is 24.1 Å². The number of hydrogen-bond acceptors (Lipinski definition) is 3. The van der Waals surface area contributed by atoms with Gasteiger partial charge >= 0.3 is 0 Å². The number of aliphatic hydroxyl groups excluding tert-OH is 2. The lowest BCUT2D eigenvalue weighted by Gasteiger charge is -2.14. The summed E-state index contributed by atoms with van der Waals surface area (Å²) in [6.07, 6.45) is 0.363. The van der Waals surface area contributed by atoms with Crippen molar-refractivity contribution in [2.24, 2.45) is 0 Å². The van der Waals surface area contributed by atoms with Crippen LogP contribution < -0.4 is 5.32 Å². The van der Waals surface area contributed by atoms with E-state index in [1.165, 1.54) is 0 Å². The molecular weight excluding hydrogens is 266 g/mol. The highest BCUT2D eigenvalue weighted by Gasteiger charge is 2.12. The van der Waals surface area contributed by atoms with E-state index >= 15 is 0 Å². The van der Waals surface area contributed by atoms with E-state index in [-0.39, 0.29) is 12.6 Å². The second-order valence-corrected chi connectivity index (χ2v) is 5.05. The Kier molecular flexibility index (Phi) is 8.02. The van der Waals surface area contributed by atoms with Gasteiger partial charge in [0.1, 0.15) is 18.7 Å². The number of nitrogens with two attached hydrogens (primary N) is 1. The van der Waals surface area contributed by atoms with Gasteiger partial charge in [0.05, 0.1) is 19.8 Å². The van der Waals surface area contributed by atoms with E-state index in [9.17, 15) is 5.11 Å². The van der Waals surface area contributed by atoms with E-state index in [4.69, 9.17) is 21.4 Å². The van der Waals surface area contributed by atoms with Crippen LogP contribution >= 0.6 is 11.6 Å². The zero-order valence-electron chi connectivity index (χ0n) is 11.3. The third-order valence-corrected chi connectivity index (χ3v) is 3.24. The van der Waals surface area contributed by atoms with Crippen LogP contribution in [-0.2, 0) is 11.3 Å². The van der Waals surface area contributed by atoms with Gasteiger partial charge in [0.15, 0.2) is 0 Å². The van der Waals surface area contributed by atoms with Crippen molar-refractivity contribution in [1.82, 2.24) is 0 Å². The first-order chi connectivity index (χ1) is 9.15. The van der Waals surface area contributed by atoms with Gasteiger partial charge < -0.3 is 20.3 Å². The molecule has 0 fully saturated rings. The van der Waals surface area contributed by atoms with Crippen molar-refractivity contribution in [1.29, 1.82) is 0 Å². The molecule has 19 heavy (non-hydrogen) atoms. The standard InChI is InChI=1S/C14H22ClNO3/c1-2-13(8-17)16-7-14(18)10-19-9-11-3-5-12(15)6-4-11/h3-6,13-14,16-18H,2,7-10H2,1H3/p+1/t13-,14-/m1/s1. The SMILES string of the molecule is CC[C@H](CO)[NH2+]C[C@@H](O)COCc1ccc(Cl)cc1. The van der Waals surface area contributed by atoms with Crippen LogP contribution in [-0.4, -0.2) is 42.1 Å². The summed E-state index contributed by atoms with van der Waals surface area (Å²) in [7, 11) is 0. The topological polar surface area (TPSA) is 66.3 Å². The van der Waals surface area contributed by atoms with Gasteiger partial charge in [0, 0.05) is 5.02 Å². The molecule has 0 heterocycles. The third-order valence-electron chi connectivity index (χ3n) is 2.99. The number of halogens is 1. The summed E-state index contributed by atoms with van der Waals surface area (Å²) in [6.45, 7) is 3.45. The second-order valence-electron chi connectivity index (χ2n) is 4.62. The van der Waals surface area contributed by atoms with Crippen LogP contribution in [0.4, 0.5) is 0 Å². The van der Waals surface area contributed by atoms with Gasteiger partial charge in [-0.3, -0.25) is 0 Å². The van der Waals surface area contributed by atoms with Crippen molar-refractivity contribution in [3.05, 3.63) is 34.9 Å². The Balaban J connectivity index is 2.16. The first-order valence-corrected chi connectivity index (χ1v) is 6.98. The molecule has 0 spiro atoms. The van der Waals surface area contributed by atoms with Gasteiger partial charge in [-0.15, -0.1) is 0 Å². The maximum Gasteiger partial charge on any atom is 0.126 e. The van der Waals surface area contributed by atoms with E-state index in [0.717, 1.165) is 12.0 Å². The van der Waals surface area contributed by atoms with Crippen molar-refractivity contribution >= 4 is 11.6 Å². The third kappa shape index (κ3) is 6.89. The lowest BCUT2D eigenvalue weighted by Crippen LogP contribution is -2.92. The van der Waals surface area contributed by atoms with Crippen LogP contribution in [0.3, 0.4) is 0 Å². The average Bonchev–Trinajstić information content (AvgIpc) is 2.42. The zero-order valence-corrected chi connectivity index (χ0v) is 12.0. The van der Waals surface area contributed by atoms with Crippen molar-refractivity contribution in [3.63, 3.8) is 0 Å². The Morgan fingerprint density at radius 3 is 2.58 bits per heavy atom. The van der Waals surface area contributed by atoms with E-state index < -0.39 is 6.10 Å². The largest absolute Gasteiger partial charge is 0.390 e. The molecule has 4 N–H and O–H groups in total. The zero-order chi connectivity index (χ0) is 14.1. The molecule has 0 aromatic heterocycles. The molecule has 2 atom stereocenters. The van der Waals surface area contributed by atoms with Crippen molar-refractivity contribution < 1.29 is 20.3 Å². The van der Waals surface area contributed by atoms with E-state index in [1.54, 1.807) is 0 Å². The Bertz CT molecular complexity index is 341. The summed E-state index contributed by atoms with van der Waals surface area (Å²) < 4.78 is 5.45. The van der Waals surface area contributed by atoms with Gasteiger partial charge in [-0.25, -0.2) is 0 Å². The molecule has 1 aromatic rings. The lowest BCUT2D eigenvalue weighted by molar-refractivity contribution is -0.696. The molecule has 0 aliphatic rings. The minimum atomic E-state index is -0.520. The fraction of sp³-hybridized carbons (Fsp3) is 0.571. The fourth-order valence-electron chi connectivity index (χ4n) is 1.68. The fourth-order valence-corrected chi connectivity index (χ4v) is 1.81. The molecule has 0 saturated carbocycles. The predicted octanol–water partition coefficient (Wildman–Crippen LogP) is 0.552. The summed E-state index contributed by atoms with van der Waals surface area (Å²) in [6, 6.07) is 7.60.